The highest BCUT2D eigenvalue weighted by Gasteiger charge is 2.55. The first-order valence-electron chi connectivity index (χ1n) is 6.61. The van der Waals surface area contributed by atoms with Crippen LogP contribution in [0.25, 0.3) is 0 Å². The smallest absolute Gasteiger partial charge is 0.276 e. The Hall–Kier alpha value is -1.95. The van der Waals surface area contributed by atoms with Crippen molar-refractivity contribution in [3.63, 3.8) is 0 Å². The largest absolute Gasteiger partial charge is 0.335 e. The molecule has 1 saturated carbocycles. The van der Waals surface area contributed by atoms with Gasteiger partial charge in [0.15, 0.2) is 0 Å². The molecule has 1 aliphatic carbocycles. The van der Waals surface area contributed by atoms with Gasteiger partial charge in [0.1, 0.15) is 11.2 Å². The highest BCUT2D eigenvalue weighted by atomic mass is 35.5. The number of imide groups is 2. The zero-order valence-corrected chi connectivity index (χ0v) is 11.7. The van der Waals surface area contributed by atoms with Gasteiger partial charge in [0.25, 0.3) is 5.91 Å². The quantitative estimate of drug-likeness (QED) is 0.811. The number of rotatable bonds is 1. The van der Waals surface area contributed by atoms with Crippen LogP contribution in [0, 0.1) is 11.2 Å². The summed E-state index contributed by atoms with van der Waals surface area (Å²) in [7, 11) is 0. The Kier molecular flexibility index (Phi) is 3.20. The zero-order chi connectivity index (χ0) is 15.2. The molecule has 2 fully saturated rings. The summed E-state index contributed by atoms with van der Waals surface area (Å²) in [6.07, 6.45) is 2.29. The van der Waals surface area contributed by atoms with Crippen LogP contribution in [0.15, 0.2) is 18.2 Å². The Bertz CT molecular complexity index is 656. The van der Waals surface area contributed by atoms with E-state index < -0.39 is 29.1 Å². The van der Waals surface area contributed by atoms with Crippen molar-refractivity contribution in [2.45, 2.75) is 25.7 Å². The molecule has 0 bridgehead atoms. The molecule has 1 N–H and O–H groups in total. The average molecular weight is 311 g/mol. The number of anilines is 1. The molecular formula is C14H12ClFN2O3. The molecule has 0 radical (unpaired) electrons. The van der Waals surface area contributed by atoms with E-state index in [4.69, 9.17) is 11.6 Å². The maximum absolute atomic E-state index is 13.6. The lowest BCUT2D eigenvalue weighted by Gasteiger charge is -2.36. The van der Waals surface area contributed by atoms with Crippen LogP contribution < -0.4 is 10.2 Å². The Morgan fingerprint density at radius 2 is 1.86 bits per heavy atom. The maximum Gasteiger partial charge on any atom is 0.335 e. The molecule has 7 heteroatoms. The lowest BCUT2D eigenvalue weighted by molar-refractivity contribution is -0.142. The second-order valence-electron chi connectivity index (χ2n) is 5.29. The molecule has 3 rings (SSSR count). The van der Waals surface area contributed by atoms with Gasteiger partial charge in [-0.05, 0) is 31.0 Å². The summed E-state index contributed by atoms with van der Waals surface area (Å²) in [6, 6.07) is 2.80. The minimum atomic E-state index is -1.20. The van der Waals surface area contributed by atoms with Gasteiger partial charge in [0.05, 0.1) is 10.7 Å². The van der Waals surface area contributed by atoms with Crippen LogP contribution in [-0.2, 0) is 9.59 Å². The third kappa shape index (κ3) is 2.01. The molecule has 4 amide bonds. The Morgan fingerprint density at radius 3 is 2.48 bits per heavy atom. The SMILES string of the molecule is O=C1NC(=O)C2(CCCC2)C(=O)N1c1ccc(Cl)c(F)c1. The zero-order valence-electron chi connectivity index (χ0n) is 11.0. The van der Waals surface area contributed by atoms with Crippen LogP contribution >= 0.6 is 11.6 Å². The molecule has 110 valence electrons. The second-order valence-corrected chi connectivity index (χ2v) is 5.69. The second kappa shape index (κ2) is 4.80. The summed E-state index contributed by atoms with van der Waals surface area (Å²) >= 11 is 5.60. The molecule has 1 saturated heterocycles. The summed E-state index contributed by atoms with van der Waals surface area (Å²) in [5, 5.41) is 2.10. The van der Waals surface area contributed by atoms with Crippen molar-refractivity contribution in [1.82, 2.24) is 5.32 Å². The summed E-state index contributed by atoms with van der Waals surface area (Å²) < 4.78 is 13.6. The molecular weight excluding hydrogens is 299 g/mol. The molecule has 5 nitrogen and oxygen atoms in total. The molecule has 1 aliphatic heterocycles. The van der Waals surface area contributed by atoms with E-state index in [0.29, 0.717) is 12.8 Å². The molecule has 0 atom stereocenters. The number of nitrogens with one attached hydrogen (secondary N) is 1. The molecule has 0 aromatic heterocycles. The van der Waals surface area contributed by atoms with Crippen LogP contribution in [0.4, 0.5) is 14.9 Å². The number of urea groups is 1. The molecule has 0 unspecified atom stereocenters. The Morgan fingerprint density at radius 1 is 1.19 bits per heavy atom. The highest BCUT2D eigenvalue weighted by Crippen LogP contribution is 2.43. The number of hydrogen-bond donors (Lipinski definition) is 1. The van der Waals surface area contributed by atoms with E-state index in [2.05, 4.69) is 5.32 Å². The van der Waals surface area contributed by atoms with E-state index in [1.165, 1.54) is 12.1 Å². The van der Waals surface area contributed by atoms with E-state index in [-0.39, 0.29) is 10.7 Å². The van der Waals surface area contributed by atoms with Crippen LogP contribution in [0.2, 0.25) is 5.02 Å². The van der Waals surface area contributed by atoms with E-state index in [0.717, 1.165) is 23.8 Å². The molecule has 1 spiro atoms. The van der Waals surface area contributed by atoms with Crippen molar-refractivity contribution in [1.29, 1.82) is 0 Å². The first-order valence-corrected chi connectivity index (χ1v) is 6.98. The van der Waals surface area contributed by atoms with E-state index >= 15 is 0 Å². The van der Waals surface area contributed by atoms with Crippen LogP contribution in [0.1, 0.15) is 25.7 Å². The normalized spacial score (nSPS) is 21.0. The van der Waals surface area contributed by atoms with Crippen molar-refractivity contribution in [3.8, 4) is 0 Å². The van der Waals surface area contributed by atoms with Gasteiger partial charge in [0.2, 0.25) is 5.91 Å². The van der Waals surface area contributed by atoms with E-state index in [1.807, 2.05) is 0 Å². The Labute approximate surface area is 125 Å². The third-order valence-corrected chi connectivity index (χ3v) is 4.40. The number of carbonyl (C=O) groups is 3. The number of nitrogens with zero attached hydrogens (tertiary/aromatic N) is 1. The molecule has 1 aromatic carbocycles. The minimum absolute atomic E-state index is 0.0678. The van der Waals surface area contributed by atoms with Gasteiger partial charge in [0, 0.05) is 0 Å². The lowest BCUT2D eigenvalue weighted by Crippen LogP contribution is -2.63. The first-order chi connectivity index (χ1) is 9.95. The van der Waals surface area contributed by atoms with E-state index in [9.17, 15) is 18.8 Å². The summed E-state index contributed by atoms with van der Waals surface area (Å²) in [5.74, 6) is -1.87. The number of amides is 4. The number of halogens is 2. The molecule has 21 heavy (non-hydrogen) atoms. The third-order valence-electron chi connectivity index (χ3n) is 4.09. The van der Waals surface area contributed by atoms with Crippen molar-refractivity contribution >= 4 is 35.1 Å². The number of barbiturate groups is 1. The maximum atomic E-state index is 13.6. The van der Waals surface area contributed by atoms with Gasteiger partial charge in [-0.25, -0.2) is 14.1 Å². The van der Waals surface area contributed by atoms with Crippen molar-refractivity contribution in [2.75, 3.05) is 4.90 Å². The first kappa shape index (κ1) is 14.0. The monoisotopic (exact) mass is 310 g/mol. The summed E-state index contributed by atoms with van der Waals surface area (Å²) in [5.41, 5.74) is -1.14. The number of benzene rings is 1. The predicted molar refractivity (Wildman–Crippen MR) is 73.3 cm³/mol. The van der Waals surface area contributed by atoms with Crippen molar-refractivity contribution < 1.29 is 18.8 Å². The summed E-state index contributed by atoms with van der Waals surface area (Å²) in [4.78, 5) is 37.5. The van der Waals surface area contributed by atoms with Crippen molar-refractivity contribution in [2.24, 2.45) is 5.41 Å². The molecule has 1 aromatic rings. The van der Waals surface area contributed by atoms with Crippen LogP contribution in [0.5, 0.6) is 0 Å². The molecule has 2 aliphatic rings. The van der Waals surface area contributed by atoms with Crippen molar-refractivity contribution in [3.05, 3.63) is 29.0 Å². The molecule has 1 heterocycles. The van der Waals surface area contributed by atoms with Gasteiger partial charge < -0.3 is 0 Å². The highest BCUT2D eigenvalue weighted by molar-refractivity contribution is 6.32. The number of carbonyl (C=O) groups excluding carboxylic acids is 3. The van der Waals surface area contributed by atoms with Gasteiger partial charge in [-0.2, -0.15) is 0 Å². The predicted octanol–water partition coefficient (Wildman–Crippen LogP) is 2.62. The number of hydrogen-bond acceptors (Lipinski definition) is 3. The van der Waals surface area contributed by atoms with Gasteiger partial charge in [-0.3, -0.25) is 14.9 Å². The standard InChI is InChI=1S/C14H12ClFN2O3/c15-9-4-3-8(7-10(9)16)18-12(20)14(5-1-2-6-14)11(19)17-13(18)21/h3-4,7H,1-2,5-6H2,(H,17,19,21). The van der Waals surface area contributed by atoms with Gasteiger partial charge in [-0.15, -0.1) is 0 Å². The fraction of sp³-hybridized carbons (Fsp3) is 0.357. The minimum Gasteiger partial charge on any atom is -0.276 e. The van der Waals surface area contributed by atoms with Gasteiger partial charge >= 0.3 is 6.03 Å². The van der Waals surface area contributed by atoms with Crippen LogP contribution in [0.3, 0.4) is 0 Å². The average Bonchev–Trinajstić information content (AvgIpc) is 2.92. The lowest BCUT2D eigenvalue weighted by atomic mass is 9.82. The fourth-order valence-electron chi connectivity index (χ4n) is 2.95. The Balaban J connectivity index is 2.04. The van der Waals surface area contributed by atoms with E-state index in [1.54, 1.807) is 0 Å². The fourth-order valence-corrected chi connectivity index (χ4v) is 3.07. The van der Waals surface area contributed by atoms with Crippen LogP contribution in [-0.4, -0.2) is 17.8 Å². The topological polar surface area (TPSA) is 66.5 Å². The summed E-state index contributed by atoms with van der Waals surface area (Å²) in [6.45, 7) is 0. The van der Waals surface area contributed by atoms with Gasteiger partial charge in [-0.1, -0.05) is 24.4 Å².